The highest BCUT2D eigenvalue weighted by molar-refractivity contribution is 7.71. The molecule has 1 aliphatic heterocycles. The summed E-state index contributed by atoms with van der Waals surface area (Å²) in [7, 11) is 0. The lowest BCUT2D eigenvalue weighted by atomic mass is 10.1. The van der Waals surface area contributed by atoms with Crippen molar-refractivity contribution in [2.75, 3.05) is 0 Å². The molecule has 1 saturated carbocycles. The molecule has 7 heteroatoms. The van der Waals surface area contributed by atoms with Gasteiger partial charge in [-0.05, 0) is 61.7 Å². The monoisotopic (exact) mass is 338 g/mol. The van der Waals surface area contributed by atoms with Crippen molar-refractivity contribution in [1.82, 2.24) is 30.6 Å². The minimum absolute atomic E-state index is 0.149. The first kappa shape index (κ1) is 14.3. The predicted molar refractivity (Wildman–Crippen MR) is 94.2 cm³/mol. The Hall–Kier alpha value is -2.09. The summed E-state index contributed by atoms with van der Waals surface area (Å²) < 4.78 is 2.64. The molecule has 122 valence electrons. The highest BCUT2D eigenvalue weighted by Gasteiger charge is 2.38. The molecular formula is C17H18N6S. The van der Waals surface area contributed by atoms with E-state index in [-0.39, 0.29) is 6.04 Å². The van der Waals surface area contributed by atoms with Crippen molar-refractivity contribution in [2.45, 2.75) is 31.3 Å². The van der Waals surface area contributed by atoms with Gasteiger partial charge in [-0.2, -0.15) is 5.10 Å². The third-order valence-corrected chi connectivity index (χ3v) is 5.27. The third-order valence-electron chi connectivity index (χ3n) is 5.00. The summed E-state index contributed by atoms with van der Waals surface area (Å²) in [5.74, 6) is 1.73. The Morgan fingerprint density at radius 3 is 2.92 bits per heavy atom. The maximum Gasteiger partial charge on any atom is 0.199 e. The highest BCUT2D eigenvalue weighted by atomic mass is 32.1. The zero-order chi connectivity index (χ0) is 16.1. The van der Waals surface area contributed by atoms with Crippen LogP contribution in [-0.2, 0) is 0 Å². The van der Waals surface area contributed by atoms with E-state index in [2.05, 4.69) is 38.2 Å². The fourth-order valence-corrected chi connectivity index (χ4v) is 3.85. The first-order valence-corrected chi connectivity index (χ1v) is 8.74. The third kappa shape index (κ3) is 2.28. The van der Waals surface area contributed by atoms with Crippen LogP contribution in [0.3, 0.4) is 0 Å². The minimum atomic E-state index is 0.149. The first-order valence-electron chi connectivity index (χ1n) is 8.34. The molecule has 1 aliphatic carbocycles. The topological polar surface area (TPSA) is 70.6 Å². The second-order valence-corrected chi connectivity index (χ2v) is 6.98. The van der Waals surface area contributed by atoms with Crippen molar-refractivity contribution in [2.24, 2.45) is 5.92 Å². The number of nitrogens with zero attached hydrogens (tertiary/aromatic N) is 3. The summed E-state index contributed by atoms with van der Waals surface area (Å²) in [5, 5.41) is 8.56. The number of hydrogen-bond donors (Lipinski definition) is 3. The molecule has 6 nitrogen and oxygen atoms in total. The van der Waals surface area contributed by atoms with E-state index in [9.17, 15) is 0 Å². The second kappa shape index (κ2) is 5.47. The molecule has 0 radical (unpaired) electrons. The van der Waals surface area contributed by atoms with Gasteiger partial charge in [0.15, 0.2) is 10.6 Å². The molecule has 3 heterocycles. The van der Waals surface area contributed by atoms with E-state index < -0.39 is 0 Å². The molecule has 2 aliphatic rings. The molecule has 1 aromatic carbocycles. The standard InChI is InChI=1S/C17H18N6S/c24-17-22-21-16(14-9-13(19-20-14)10-6-7-10)23(17)15-5-1-4-12-11(15)3-2-8-18-12/h1-5,8,10,13-14,19-20H,6-7,9H2,(H,22,24). The van der Waals surface area contributed by atoms with E-state index >= 15 is 0 Å². The average Bonchev–Trinajstić information content (AvgIpc) is 3.22. The molecule has 5 rings (SSSR count). The van der Waals surface area contributed by atoms with Gasteiger partial charge in [-0.3, -0.25) is 20.1 Å². The van der Waals surface area contributed by atoms with E-state index in [4.69, 9.17) is 12.2 Å². The molecule has 2 atom stereocenters. The molecule has 0 bridgehead atoms. The molecule has 1 saturated heterocycles. The highest BCUT2D eigenvalue weighted by Crippen LogP contribution is 2.38. The van der Waals surface area contributed by atoms with E-state index in [1.165, 1.54) is 12.8 Å². The van der Waals surface area contributed by atoms with Crippen LogP contribution in [0.15, 0.2) is 36.5 Å². The molecule has 2 aromatic heterocycles. The number of rotatable bonds is 3. The van der Waals surface area contributed by atoms with Crippen molar-refractivity contribution >= 4 is 23.1 Å². The molecule has 0 spiro atoms. The van der Waals surface area contributed by atoms with Gasteiger partial charge >= 0.3 is 0 Å². The lowest BCUT2D eigenvalue weighted by molar-refractivity contribution is 0.499. The van der Waals surface area contributed by atoms with Gasteiger partial charge in [-0.25, -0.2) is 5.43 Å². The molecule has 3 aromatic rings. The van der Waals surface area contributed by atoms with E-state index in [0.29, 0.717) is 10.8 Å². The van der Waals surface area contributed by atoms with Crippen molar-refractivity contribution < 1.29 is 0 Å². The van der Waals surface area contributed by atoms with Crippen molar-refractivity contribution in [3.63, 3.8) is 0 Å². The van der Waals surface area contributed by atoms with E-state index in [0.717, 1.165) is 34.8 Å². The molecule has 2 fully saturated rings. The normalized spacial score (nSPS) is 23.8. The maximum absolute atomic E-state index is 5.52. The number of hydrazine groups is 1. The summed E-state index contributed by atoms with van der Waals surface area (Å²) in [5.41, 5.74) is 8.80. The van der Waals surface area contributed by atoms with Crippen LogP contribution >= 0.6 is 12.2 Å². The summed E-state index contributed by atoms with van der Waals surface area (Å²) in [6.07, 6.45) is 5.50. The number of pyridine rings is 1. The predicted octanol–water partition coefficient (Wildman–Crippen LogP) is 2.80. The number of aromatic nitrogens is 4. The van der Waals surface area contributed by atoms with Gasteiger partial charge in [0.2, 0.25) is 0 Å². The quantitative estimate of drug-likeness (QED) is 0.641. The van der Waals surface area contributed by atoms with Crippen LogP contribution in [0, 0.1) is 10.7 Å². The van der Waals surface area contributed by atoms with Crippen LogP contribution in [-0.4, -0.2) is 25.8 Å². The van der Waals surface area contributed by atoms with Gasteiger partial charge in [-0.1, -0.05) is 6.07 Å². The molecular weight excluding hydrogens is 320 g/mol. The largest absolute Gasteiger partial charge is 0.270 e. The van der Waals surface area contributed by atoms with Gasteiger partial charge < -0.3 is 0 Å². The number of H-pyrrole nitrogens is 1. The SMILES string of the molecule is S=c1[nH]nc(C2CC(C3CC3)NN2)n1-c1cccc2ncccc12. The minimum Gasteiger partial charge on any atom is -0.270 e. The molecule has 0 amide bonds. The average molecular weight is 338 g/mol. The van der Waals surface area contributed by atoms with Crippen LogP contribution in [0.5, 0.6) is 0 Å². The Bertz CT molecular complexity index is 952. The Morgan fingerprint density at radius 1 is 1.12 bits per heavy atom. The number of benzene rings is 1. The second-order valence-electron chi connectivity index (χ2n) is 6.59. The zero-order valence-electron chi connectivity index (χ0n) is 13.1. The Balaban J connectivity index is 1.61. The summed E-state index contributed by atoms with van der Waals surface area (Å²) in [6, 6.07) is 10.8. The first-order chi connectivity index (χ1) is 11.8. The number of nitrogens with one attached hydrogen (secondary N) is 3. The fraction of sp³-hybridized carbons (Fsp3) is 0.353. The van der Waals surface area contributed by atoms with Crippen molar-refractivity contribution in [3.8, 4) is 5.69 Å². The lowest BCUT2D eigenvalue weighted by Gasteiger charge is -2.13. The van der Waals surface area contributed by atoms with Crippen molar-refractivity contribution in [3.05, 3.63) is 47.1 Å². The van der Waals surface area contributed by atoms with Crippen LogP contribution in [0.25, 0.3) is 16.6 Å². The maximum atomic E-state index is 5.52. The van der Waals surface area contributed by atoms with Gasteiger partial charge in [0.05, 0.1) is 17.2 Å². The fourth-order valence-electron chi connectivity index (χ4n) is 3.62. The van der Waals surface area contributed by atoms with Gasteiger partial charge in [-0.15, -0.1) is 0 Å². The van der Waals surface area contributed by atoms with E-state index in [1.807, 2.05) is 29.0 Å². The van der Waals surface area contributed by atoms with Gasteiger partial charge in [0.1, 0.15) is 0 Å². The Morgan fingerprint density at radius 2 is 2.04 bits per heavy atom. The summed E-state index contributed by atoms with van der Waals surface area (Å²) in [6.45, 7) is 0. The zero-order valence-corrected chi connectivity index (χ0v) is 13.9. The number of aromatic amines is 1. The Kier molecular flexibility index (Phi) is 3.26. The van der Waals surface area contributed by atoms with Crippen LogP contribution in [0.1, 0.15) is 31.1 Å². The van der Waals surface area contributed by atoms with E-state index in [1.54, 1.807) is 0 Å². The lowest BCUT2D eigenvalue weighted by Crippen LogP contribution is -2.32. The number of hydrogen-bond acceptors (Lipinski definition) is 5. The number of fused-ring (bicyclic) bond motifs is 1. The van der Waals surface area contributed by atoms with Crippen LogP contribution < -0.4 is 10.9 Å². The van der Waals surface area contributed by atoms with Gasteiger partial charge in [0.25, 0.3) is 0 Å². The summed E-state index contributed by atoms with van der Waals surface area (Å²) in [4.78, 5) is 4.45. The molecule has 3 N–H and O–H groups in total. The Labute approximate surface area is 144 Å². The van der Waals surface area contributed by atoms with Gasteiger partial charge in [0, 0.05) is 17.6 Å². The van der Waals surface area contributed by atoms with Crippen LogP contribution in [0.2, 0.25) is 0 Å². The summed E-state index contributed by atoms with van der Waals surface area (Å²) >= 11 is 5.52. The van der Waals surface area contributed by atoms with Crippen molar-refractivity contribution in [1.29, 1.82) is 0 Å². The van der Waals surface area contributed by atoms with Crippen LogP contribution in [0.4, 0.5) is 0 Å². The molecule has 2 unspecified atom stereocenters. The molecule has 24 heavy (non-hydrogen) atoms. The smallest absolute Gasteiger partial charge is 0.199 e.